The van der Waals surface area contributed by atoms with Crippen molar-refractivity contribution in [1.82, 2.24) is 0 Å². The summed E-state index contributed by atoms with van der Waals surface area (Å²) < 4.78 is 9.89. The van der Waals surface area contributed by atoms with Crippen molar-refractivity contribution in [2.75, 3.05) is 13.2 Å². The first-order chi connectivity index (χ1) is 9.83. The first-order valence-electron chi connectivity index (χ1n) is 6.27. The van der Waals surface area contributed by atoms with E-state index in [0.717, 1.165) is 0 Å². The number of benzene rings is 2. The monoisotopic (exact) mass is 270 g/mol. The minimum atomic E-state index is -0.395. The van der Waals surface area contributed by atoms with Crippen LogP contribution in [0.15, 0.2) is 79.4 Å². The Morgan fingerprint density at radius 3 is 1.95 bits per heavy atom. The number of esters is 1. The van der Waals surface area contributed by atoms with E-state index in [1.807, 2.05) is 54.6 Å². The molecule has 0 bridgehead atoms. The summed E-state index contributed by atoms with van der Waals surface area (Å²) in [5.74, 6) is 0.261. The number of hydrogen-bond donors (Lipinski definition) is 0. The van der Waals surface area contributed by atoms with E-state index in [9.17, 15) is 4.79 Å². The number of hydrogen-bond acceptors (Lipinski definition) is 3. The Balaban J connectivity index is 0.000000276. The zero-order valence-electron chi connectivity index (χ0n) is 11.3. The third-order valence-corrected chi connectivity index (χ3v) is 2.13. The summed E-state index contributed by atoms with van der Waals surface area (Å²) in [5, 5.41) is 0. The highest BCUT2D eigenvalue weighted by atomic mass is 16.6. The Bertz CT molecular complexity index is 453. The first-order valence-corrected chi connectivity index (χ1v) is 6.27. The molecule has 3 heteroatoms. The summed E-state index contributed by atoms with van der Waals surface area (Å²) in [6, 6.07) is 21.1. The molecule has 0 fully saturated rings. The van der Waals surface area contributed by atoms with Gasteiger partial charge in [-0.05, 0) is 12.1 Å². The van der Waals surface area contributed by atoms with Crippen LogP contribution in [0.4, 0.5) is 0 Å². The fraction of sp³-hybridized carbons (Fsp3) is 0.118. The van der Waals surface area contributed by atoms with Crippen LogP contribution in [0, 0.1) is 0 Å². The molecule has 3 nitrogen and oxygen atoms in total. The topological polar surface area (TPSA) is 35.5 Å². The molecule has 0 spiro atoms. The van der Waals surface area contributed by atoms with Gasteiger partial charge in [0.05, 0.1) is 0 Å². The van der Waals surface area contributed by atoms with Crippen molar-refractivity contribution in [3.05, 3.63) is 79.4 Å². The van der Waals surface area contributed by atoms with Crippen molar-refractivity contribution in [3.63, 3.8) is 0 Å². The van der Waals surface area contributed by atoms with Gasteiger partial charge in [0.2, 0.25) is 0 Å². The number of para-hydroxylation sites is 1. The molecule has 0 saturated heterocycles. The summed E-state index contributed by atoms with van der Waals surface area (Å²) in [6.07, 6.45) is 1.51. The molecule has 2 rings (SSSR count). The van der Waals surface area contributed by atoms with Crippen LogP contribution in [-0.4, -0.2) is 19.2 Å². The molecule has 0 unspecified atom stereocenters. The van der Waals surface area contributed by atoms with E-state index in [1.165, 1.54) is 6.08 Å². The van der Waals surface area contributed by atoms with Gasteiger partial charge in [-0.15, -0.1) is 0 Å². The van der Waals surface area contributed by atoms with Crippen molar-refractivity contribution < 1.29 is 14.3 Å². The number of ether oxygens (including phenoxy) is 2. The lowest BCUT2D eigenvalue weighted by Crippen LogP contribution is -2.14. The zero-order valence-corrected chi connectivity index (χ0v) is 11.3. The molecule has 0 aliphatic heterocycles. The van der Waals surface area contributed by atoms with Crippen LogP contribution >= 0.6 is 0 Å². The van der Waals surface area contributed by atoms with Crippen molar-refractivity contribution >= 4 is 5.97 Å². The Labute approximate surface area is 119 Å². The molecule has 0 heterocycles. The Morgan fingerprint density at radius 2 is 1.45 bits per heavy atom. The highest BCUT2D eigenvalue weighted by molar-refractivity contribution is 5.71. The number of rotatable bonds is 5. The fourth-order valence-corrected chi connectivity index (χ4v) is 1.24. The maximum atomic E-state index is 11.0. The van der Waals surface area contributed by atoms with E-state index < -0.39 is 5.97 Å². The molecule has 0 aliphatic rings. The molecular weight excluding hydrogens is 252 g/mol. The predicted molar refractivity (Wildman–Crippen MR) is 79.5 cm³/mol. The van der Waals surface area contributed by atoms with Gasteiger partial charge in [0.25, 0.3) is 0 Å². The minimum Gasteiger partial charge on any atom is -0.482 e. The molecule has 0 saturated carbocycles. The molecule has 0 aromatic heterocycles. The van der Waals surface area contributed by atoms with Crippen molar-refractivity contribution in [1.29, 1.82) is 0 Å². The molecule has 0 aliphatic carbocycles. The van der Waals surface area contributed by atoms with Crippen molar-refractivity contribution in [2.24, 2.45) is 0 Å². The summed E-state index contributed by atoms with van der Waals surface area (Å²) >= 11 is 0. The molecule has 20 heavy (non-hydrogen) atoms. The van der Waals surface area contributed by atoms with Gasteiger partial charge in [-0.3, -0.25) is 0 Å². The zero-order chi connectivity index (χ0) is 14.5. The Hall–Kier alpha value is -2.55. The molecule has 2 aromatic carbocycles. The van der Waals surface area contributed by atoms with Crippen LogP contribution in [-0.2, 0) is 9.53 Å². The molecule has 0 atom stereocenters. The molecule has 0 radical (unpaired) electrons. The summed E-state index contributed by atoms with van der Waals surface area (Å²) in [7, 11) is 0. The van der Waals surface area contributed by atoms with Crippen LogP contribution in [0.5, 0.6) is 5.75 Å². The van der Waals surface area contributed by atoms with E-state index in [4.69, 9.17) is 9.47 Å². The molecule has 104 valence electrons. The quantitative estimate of drug-likeness (QED) is 0.616. The summed E-state index contributed by atoms with van der Waals surface area (Å²) in [5.41, 5.74) is 0. The predicted octanol–water partition coefficient (Wildman–Crippen LogP) is 3.48. The Morgan fingerprint density at radius 1 is 0.950 bits per heavy atom. The first kappa shape index (κ1) is 15.5. The van der Waals surface area contributed by atoms with E-state index >= 15 is 0 Å². The normalized spacial score (nSPS) is 8.80. The van der Waals surface area contributed by atoms with E-state index in [1.54, 1.807) is 12.1 Å². The molecule has 0 N–H and O–H groups in total. The average molecular weight is 270 g/mol. The van der Waals surface area contributed by atoms with E-state index in [2.05, 4.69) is 6.58 Å². The largest absolute Gasteiger partial charge is 0.482 e. The SMILES string of the molecule is C=CCOC(=O)COc1ccccc1.c1ccccc1. The third kappa shape index (κ3) is 7.71. The smallest absolute Gasteiger partial charge is 0.344 e. The lowest BCUT2D eigenvalue weighted by atomic mass is 10.3. The summed E-state index contributed by atoms with van der Waals surface area (Å²) in [4.78, 5) is 11.0. The maximum absolute atomic E-state index is 11.0. The third-order valence-electron chi connectivity index (χ3n) is 2.13. The number of carbonyl (C=O) groups excluding carboxylic acids is 1. The van der Waals surface area contributed by atoms with Crippen molar-refractivity contribution in [3.8, 4) is 5.75 Å². The van der Waals surface area contributed by atoms with Gasteiger partial charge in [0.15, 0.2) is 6.61 Å². The van der Waals surface area contributed by atoms with Gasteiger partial charge in [-0.2, -0.15) is 0 Å². The lowest BCUT2D eigenvalue weighted by molar-refractivity contribution is -0.144. The second-order valence-electron chi connectivity index (χ2n) is 3.73. The van der Waals surface area contributed by atoms with Crippen LogP contribution in [0.25, 0.3) is 0 Å². The van der Waals surface area contributed by atoms with Crippen molar-refractivity contribution in [2.45, 2.75) is 0 Å². The maximum Gasteiger partial charge on any atom is 0.344 e. The van der Waals surface area contributed by atoms with Gasteiger partial charge in [-0.1, -0.05) is 67.3 Å². The van der Waals surface area contributed by atoms with Crippen LogP contribution in [0.2, 0.25) is 0 Å². The second-order valence-corrected chi connectivity index (χ2v) is 3.73. The van der Waals surface area contributed by atoms with Gasteiger partial charge in [0.1, 0.15) is 12.4 Å². The average Bonchev–Trinajstić information content (AvgIpc) is 2.54. The van der Waals surface area contributed by atoms with Crippen LogP contribution in [0.1, 0.15) is 0 Å². The number of carbonyl (C=O) groups is 1. The standard InChI is InChI=1S/C11H12O3.C6H6/c1-2-8-13-11(12)9-14-10-6-4-3-5-7-10;1-2-4-6-5-3-1/h2-7H,1,8-9H2;1-6H. The summed E-state index contributed by atoms with van der Waals surface area (Å²) in [6.45, 7) is 3.58. The van der Waals surface area contributed by atoms with E-state index in [-0.39, 0.29) is 13.2 Å². The molecule has 2 aromatic rings. The fourth-order valence-electron chi connectivity index (χ4n) is 1.24. The van der Waals surface area contributed by atoms with Gasteiger partial charge < -0.3 is 9.47 Å². The van der Waals surface area contributed by atoms with Crippen LogP contribution in [0.3, 0.4) is 0 Å². The minimum absolute atomic E-state index is 0.0716. The lowest BCUT2D eigenvalue weighted by Gasteiger charge is -2.04. The highest BCUT2D eigenvalue weighted by Crippen LogP contribution is 2.07. The van der Waals surface area contributed by atoms with Gasteiger partial charge in [0, 0.05) is 0 Å². The van der Waals surface area contributed by atoms with E-state index in [0.29, 0.717) is 5.75 Å². The second kappa shape index (κ2) is 10.4. The highest BCUT2D eigenvalue weighted by Gasteiger charge is 2.01. The Kier molecular flexibility index (Phi) is 8.05. The van der Waals surface area contributed by atoms with Gasteiger partial charge >= 0.3 is 5.97 Å². The molecular formula is C17H18O3. The molecule has 0 amide bonds. The van der Waals surface area contributed by atoms with Gasteiger partial charge in [-0.25, -0.2) is 4.79 Å². The van der Waals surface area contributed by atoms with Crippen LogP contribution < -0.4 is 4.74 Å².